The predicted octanol–water partition coefficient (Wildman–Crippen LogP) is 1.73. The lowest BCUT2D eigenvalue weighted by atomic mass is 10.2. The van der Waals surface area contributed by atoms with Crippen molar-refractivity contribution < 1.29 is 8.42 Å². The maximum atomic E-state index is 11.7. The van der Waals surface area contributed by atoms with Crippen LogP contribution < -0.4 is 9.44 Å². The Balaban J connectivity index is 2.22. The molecule has 1 fully saturated rings. The molecule has 0 spiro atoms. The normalized spacial score (nSPS) is 15.3. The average Bonchev–Trinajstić information content (AvgIpc) is 3.00. The fraction of sp³-hybridized carbons (Fsp3) is 0.300. The Hall–Kier alpha value is -1.10. The van der Waals surface area contributed by atoms with E-state index in [0.717, 1.165) is 12.8 Å². The summed E-state index contributed by atoms with van der Waals surface area (Å²) < 4.78 is 28.9. The minimum Gasteiger partial charge on any atom is -0.270 e. The Morgan fingerprint density at radius 2 is 2.12 bits per heavy atom. The molecule has 0 atom stereocenters. The van der Waals surface area contributed by atoms with Crippen LogP contribution in [0.15, 0.2) is 22.7 Å². The van der Waals surface area contributed by atoms with Crippen molar-refractivity contribution in [2.24, 2.45) is 0 Å². The number of anilines is 1. The lowest BCUT2D eigenvalue weighted by Gasteiger charge is -2.10. The van der Waals surface area contributed by atoms with E-state index >= 15 is 0 Å². The molecular weight excluding hydrogens is 306 g/mol. The van der Waals surface area contributed by atoms with Gasteiger partial charge in [-0.25, -0.2) is 0 Å². The summed E-state index contributed by atoms with van der Waals surface area (Å²) in [6, 6.07) is 6.77. The summed E-state index contributed by atoms with van der Waals surface area (Å²) in [4.78, 5) is 0. The van der Waals surface area contributed by atoms with Crippen LogP contribution in [-0.4, -0.2) is 14.5 Å². The largest absolute Gasteiger partial charge is 0.299 e. The summed E-state index contributed by atoms with van der Waals surface area (Å²) in [6.07, 6.45) is 1.73. The molecule has 0 amide bonds. The van der Waals surface area contributed by atoms with Crippen LogP contribution in [0.25, 0.3) is 0 Å². The third-order valence-electron chi connectivity index (χ3n) is 2.25. The van der Waals surface area contributed by atoms with E-state index in [9.17, 15) is 8.42 Å². The Morgan fingerprint density at radius 1 is 1.41 bits per heavy atom. The van der Waals surface area contributed by atoms with Gasteiger partial charge in [0, 0.05) is 10.5 Å². The van der Waals surface area contributed by atoms with Crippen molar-refractivity contribution >= 4 is 31.8 Å². The molecule has 1 aliphatic carbocycles. The molecule has 1 saturated carbocycles. The van der Waals surface area contributed by atoms with Crippen molar-refractivity contribution in [3.8, 4) is 6.07 Å². The van der Waals surface area contributed by atoms with Crippen LogP contribution in [-0.2, 0) is 10.2 Å². The second-order valence-corrected chi connectivity index (χ2v) is 6.16. The summed E-state index contributed by atoms with van der Waals surface area (Å²) in [5, 5.41) is 8.88. The highest BCUT2D eigenvalue weighted by atomic mass is 79.9. The number of rotatable bonds is 4. The third kappa shape index (κ3) is 3.43. The number of nitrogens with one attached hydrogen (secondary N) is 2. The number of nitrogens with zero attached hydrogens (tertiary/aromatic N) is 1. The first-order valence-electron chi connectivity index (χ1n) is 5.00. The van der Waals surface area contributed by atoms with Crippen molar-refractivity contribution in [1.82, 2.24) is 4.72 Å². The molecule has 17 heavy (non-hydrogen) atoms. The lowest BCUT2D eigenvalue weighted by molar-refractivity contribution is 0.586. The summed E-state index contributed by atoms with van der Waals surface area (Å²) in [7, 11) is -3.59. The van der Waals surface area contributed by atoms with Crippen molar-refractivity contribution in [1.29, 1.82) is 5.26 Å². The SMILES string of the molecule is N#Cc1ccc(Br)cc1NS(=O)(=O)NC1CC1. The molecule has 1 aromatic rings. The smallest absolute Gasteiger partial charge is 0.270 e. The first-order chi connectivity index (χ1) is 8.00. The highest BCUT2D eigenvalue weighted by Crippen LogP contribution is 2.23. The highest BCUT2D eigenvalue weighted by Gasteiger charge is 2.27. The van der Waals surface area contributed by atoms with Gasteiger partial charge in [0.05, 0.1) is 11.3 Å². The Morgan fingerprint density at radius 3 is 2.71 bits per heavy atom. The van der Waals surface area contributed by atoms with E-state index in [2.05, 4.69) is 25.4 Å². The van der Waals surface area contributed by atoms with E-state index in [1.807, 2.05) is 6.07 Å². The zero-order valence-electron chi connectivity index (χ0n) is 8.77. The standard InChI is InChI=1S/C10H10BrN3O2S/c11-8-2-1-7(6-12)10(5-8)14-17(15,16)13-9-3-4-9/h1-2,5,9,13-14H,3-4H2. The second kappa shape index (κ2) is 4.64. The number of halogens is 1. The molecule has 1 aliphatic rings. The van der Waals surface area contributed by atoms with Crippen LogP contribution in [0, 0.1) is 11.3 Å². The maximum absolute atomic E-state index is 11.7. The molecule has 0 saturated heterocycles. The number of benzene rings is 1. The van der Waals surface area contributed by atoms with Crippen molar-refractivity contribution in [3.63, 3.8) is 0 Å². The minimum atomic E-state index is -3.59. The van der Waals surface area contributed by atoms with E-state index in [1.165, 1.54) is 0 Å². The minimum absolute atomic E-state index is 0.0326. The van der Waals surface area contributed by atoms with Crippen LogP contribution in [0.2, 0.25) is 0 Å². The Labute approximate surface area is 108 Å². The summed E-state index contributed by atoms with van der Waals surface area (Å²) in [5.74, 6) is 0. The van der Waals surface area contributed by atoms with Gasteiger partial charge in [-0.05, 0) is 31.0 Å². The van der Waals surface area contributed by atoms with E-state index in [-0.39, 0.29) is 17.3 Å². The van der Waals surface area contributed by atoms with Crippen LogP contribution in [0.1, 0.15) is 18.4 Å². The van der Waals surface area contributed by atoms with Gasteiger partial charge in [-0.1, -0.05) is 15.9 Å². The fourth-order valence-corrected chi connectivity index (χ4v) is 2.85. The Kier molecular flexibility index (Phi) is 3.38. The van der Waals surface area contributed by atoms with E-state index < -0.39 is 10.2 Å². The molecular formula is C10H10BrN3O2S. The summed E-state index contributed by atoms with van der Waals surface area (Å²) in [6.45, 7) is 0. The fourth-order valence-electron chi connectivity index (χ4n) is 1.29. The molecule has 5 nitrogen and oxygen atoms in total. The lowest BCUT2D eigenvalue weighted by Crippen LogP contribution is -2.32. The zero-order chi connectivity index (χ0) is 12.5. The van der Waals surface area contributed by atoms with Gasteiger partial charge in [0.15, 0.2) is 0 Å². The second-order valence-electron chi connectivity index (χ2n) is 3.80. The molecule has 0 aliphatic heterocycles. The summed E-state index contributed by atoms with van der Waals surface area (Å²) >= 11 is 3.23. The molecule has 2 N–H and O–H groups in total. The van der Waals surface area contributed by atoms with Gasteiger partial charge in [0.25, 0.3) is 10.2 Å². The average molecular weight is 316 g/mol. The van der Waals surface area contributed by atoms with Crippen molar-refractivity contribution in [3.05, 3.63) is 28.2 Å². The molecule has 1 aromatic carbocycles. The zero-order valence-corrected chi connectivity index (χ0v) is 11.2. The van der Waals surface area contributed by atoms with Gasteiger partial charge in [0.2, 0.25) is 0 Å². The van der Waals surface area contributed by atoms with Gasteiger partial charge in [-0.15, -0.1) is 0 Å². The monoisotopic (exact) mass is 315 g/mol. The molecule has 2 rings (SSSR count). The van der Waals surface area contributed by atoms with Crippen LogP contribution in [0.4, 0.5) is 5.69 Å². The number of hydrogen-bond acceptors (Lipinski definition) is 3. The molecule has 0 bridgehead atoms. The third-order valence-corrected chi connectivity index (χ3v) is 3.87. The molecule has 0 heterocycles. The van der Waals surface area contributed by atoms with Crippen LogP contribution >= 0.6 is 15.9 Å². The quantitative estimate of drug-likeness (QED) is 0.887. The number of nitriles is 1. The van der Waals surface area contributed by atoms with E-state index in [0.29, 0.717) is 4.47 Å². The Bertz CT molecular complexity index is 576. The highest BCUT2D eigenvalue weighted by molar-refractivity contribution is 9.10. The summed E-state index contributed by atoms with van der Waals surface area (Å²) in [5.41, 5.74) is 0.560. The van der Waals surface area contributed by atoms with Crippen LogP contribution in [0.3, 0.4) is 0 Å². The topological polar surface area (TPSA) is 82.0 Å². The van der Waals surface area contributed by atoms with Gasteiger partial charge < -0.3 is 0 Å². The van der Waals surface area contributed by atoms with Gasteiger partial charge in [-0.3, -0.25) is 4.72 Å². The molecule has 0 aromatic heterocycles. The van der Waals surface area contributed by atoms with Gasteiger partial charge >= 0.3 is 0 Å². The van der Waals surface area contributed by atoms with Crippen molar-refractivity contribution in [2.75, 3.05) is 4.72 Å². The molecule has 0 radical (unpaired) electrons. The van der Waals surface area contributed by atoms with Gasteiger partial charge in [-0.2, -0.15) is 18.4 Å². The molecule has 0 unspecified atom stereocenters. The maximum Gasteiger partial charge on any atom is 0.299 e. The number of hydrogen-bond donors (Lipinski definition) is 2. The molecule has 7 heteroatoms. The van der Waals surface area contributed by atoms with E-state index in [1.54, 1.807) is 18.2 Å². The van der Waals surface area contributed by atoms with E-state index in [4.69, 9.17) is 5.26 Å². The van der Waals surface area contributed by atoms with Crippen LogP contribution in [0.5, 0.6) is 0 Å². The first kappa shape index (κ1) is 12.4. The first-order valence-corrected chi connectivity index (χ1v) is 7.27. The van der Waals surface area contributed by atoms with Gasteiger partial charge in [0.1, 0.15) is 6.07 Å². The predicted molar refractivity (Wildman–Crippen MR) is 67.6 cm³/mol. The van der Waals surface area contributed by atoms with Crippen molar-refractivity contribution in [2.45, 2.75) is 18.9 Å². The molecule has 90 valence electrons.